The van der Waals surface area contributed by atoms with Gasteiger partial charge in [0, 0.05) is 17.7 Å². The molecule has 0 bridgehead atoms. The van der Waals surface area contributed by atoms with Crippen LogP contribution in [0.25, 0.3) is 0 Å². The van der Waals surface area contributed by atoms with E-state index in [1.165, 1.54) is 5.56 Å². The molecule has 0 aliphatic rings. The van der Waals surface area contributed by atoms with Crippen molar-refractivity contribution in [3.05, 3.63) is 95.1 Å². The summed E-state index contributed by atoms with van der Waals surface area (Å²) in [5.41, 5.74) is 3.64. The van der Waals surface area contributed by atoms with Gasteiger partial charge in [-0.05, 0) is 42.8 Å². The summed E-state index contributed by atoms with van der Waals surface area (Å²) in [6.45, 7) is 2.84. The highest BCUT2D eigenvalue weighted by Crippen LogP contribution is 2.22. The molecule has 0 heterocycles. The molecule has 0 saturated carbocycles. The molecule has 0 aromatic heterocycles. The van der Waals surface area contributed by atoms with Crippen LogP contribution in [-0.2, 0) is 13.2 Å². The summed E-state index contributed by atoms with van der Waals surface area (Å²) >= 11 is 0. The number of carbonyl (C=O) groups is 1. The maximum atomic E-state index is 12.5. The second-order valence-electron chi connectivity index (χ2n) is 6.30. The van der Waals surface area contributed by atoms with E-state index in [4.69, 9.17) is 9.47 Å². The van der Waals surface area contributed by atoms with Crippen LogP contribution in [0.3, 0.4) is 0 Å². The first kappa shape index (κ1) is 18.5. The van der Waals surface area contributed by atoms with Crippen LogP contribution >= 0.6 is 0 Å². The Kier molecular flexibility index (Phi) is 6.10. The van der Waals surface area contributed by atoms with E-state index in [0.717, 1.165) is 16.9 Å². The normalized spacial score (nSPS) is 10.3. The molecular weight excluding hydrogens is 338 g/mol. The third-order valence-electron chi connectivity index (χ3n) is 4.25. The van der Waals surface area contributed by atoms with E-state index in [-0.39, 0.29) is 5.91 Å². The summed E-state index contributed by atoms with van der Waals surface area (Å²) in [6, 6.07) is 23.0. The van der Waals surface area contributed by atoms with Gasteiger partial charge < -0.3 is 14.8 Å². The first-order valence-corrected chi connectivity index (χ1v) is 8.84. The van der Waals surface area contributed by atoms with Crippen molar-refractivity contribution in [2.45, 2.75) is 20.1 Å². The summed E-state index contributed by atoms with van der Waals surface area (Å²) in [5.74, 6) is 1.35. The molecule has 0 unspecified atom stereocenters. The standard InChI is InChI=1S/C23H23NO3/c1-17-8-11-21(12-9-17)27-16-20-14-19(10-13-22(20)26-2)23(25)24-15-18-6-4-3-5-7-18/h3-14H,15-16H2,1-2H3,(H,24,25). The summed E-state index contributed by atoms with van der Waals surface area (Å²) in [4.78, 5) is 12.5. The Morgan fingerprint density at radius 1 is 0.963 bits per heavy atom. The van der Waals surface area contributed by atoms with Gasteiger partial charge in [-0.15, -0.1) is 0 Å². The second kappa shape index (κ2) is 8.90. The van der Waals surface area contributed by atoms with Crippen molar-refractivity contribution in [3.63, 3.8) is 0 Å². The Labute approximate surface area is 159 Å². The molecule has 1 amide bonds. The van der Waals surface area contributed by atoms with Crippen LogP contribution in [0.5, 0.6) is 11.5 Å². The van der Waals surface area contributed by atoms with Crippen LogP contribution in [0.1, 0.15) is 27.0 Å². The summed E-state index contributed by atoms with van der Waals surface area (Å²) < 4.78 is 11.2. The van der Waals surface area contributed by atoms with Crippen LogP contribution in [0.4, 0.5) is 0 Å². The number of aryl methyl sites for hydroxylation is 1. The van der Waals surface area contributed by atoms with Gasteiger partial charge in [0.2, 0.25) is 0 Å². The lowest BCUT2D eigenvalue weighted by Gasteiger charge is -2.12. The number of hydrogen-bond donors (Lipinski definition) is 1. The maximum absolute atomic E-state index is 12.5. The van der Waals surface area contributed by atoms with Crippen molar-refractivity contribution in [2.24, 2.45) is 0 Å². The predicted octanol–water partition coefficient (Wildman–Crippen LogP) is 4.51. The van der Waals surface area contributed by atoms with Gasteiger partial charge in [-0.1, -0.05) is 48.0 Å². The molecule has 0 atom stereocenters. The Morgan fingerprint density at radius 2 is 1.70 bits per heavy atom. The average Bonchev–Trinajstić information content (AvgIpc) is 2.72. The highest BCUT2D eigenvalue weighted by Gasteiger charge is 2.11. The van der Waals surface area contributed by atoms with Gasteiger partial charge in [-0.3, -0.25) is 4.79 Å². The molecule has 4 heteroatoms. The van der Waals surface area contributed by atoms with E-state index < -0.39 is 0 Å². The minimum Gasteiger partial charge on any atom is -0.496 e. The van der Waals surface area contributed by atoms with Crippen LogP contribution < -0.4 is 14.8 Å². The molecule has 1 N–H and O–H groups in total. The molecule has 4 nitrogen and oxygen atoms in total. The van der Waals surface area contributed by atoms with Crippen molar-refractivity contribution in [1.82, 2.24) is 5.32 Å². The van der Waals surface area contributed by atoms with Crippen LogP contribution in [0, 0.1) is 6.92 Å². The van der Waals surface area contributed by atoms with Gasteiger partial charge in [-0.2, -0.15) is 0 Å². The first-order valence-electron chi connectivity index (χ1n) is 8.84. The molecule has 3 aromatic rings. The number of carbonyl (C=O) groups excluding carboxylic acids is 1. The molecule has 0 aliphatic carbocycles. The van der Waals surface area contributed by atoms with Crippen LogP contribution in [0.15, 0.2) is 72.8 Å². The van der Waals surface area contributed by atoms with E-state index in [9.17, 15) is 4.79 Å². The van der Waals surface area contributed by atoms with Crippen molar-refractivity contribution >= 4 is 5.91 Å². The second-order valence-corrected chi connectivity index (χ2v) is 6.30. The maximum Gasteiger partial charge on any atom is 0.251 e. The number of benzene rings is 3. The zero-order chi connectivity index (χ0) is 19.1. The van der Waals surface area contributed by atoms with E-state index in [1.807, 2.05) is 67.6 Å². The number of amides is 1. The first-order chi connectivity index (χ1) is 13.2. The lowest BCUT2D eigenvalue weighted by Crippen LogP contribution is -2.23. The molecule has 0 saturated heterocycles. The van der Waals surface area contributed by atoms with Crippen LogP contribution in [-0.4, -0.2) is 13.0 Å². The number of hydrogen-bond acceptors (Lipinski definition) is 3. The van der Waals surface area contributed by atoms with E-state index in [2.05, 4.69) is 5.32 Å². The fraction of sp³-hybridized carbons (Fsp3) is 0.174. The zero-order valence-corrected chi connectivity index (χ0v) is 15.6. The van der Waals surface area contributed by atoms with Gasteiger partial charge in [0.25, 0.3) is 5.91 Å². The van der Waals surface area contributed by atoms with Crippen molar-refractivity contribution in [2.75, 3.05) is 7.11 Å². The lowest BCUT2D eigenvalue weighted by atomic mass is 10.1. The fourth-order valence-electron chi connectivity index (χ4n) is 2.71. The summed E-state index contributed by atoms with van der Waals surface area (Å²) in [6.07, 6.45) is 0. The monoisotopic (exact) mass is 361 g/mol. The topological polar surface area (TPSA) is 47.6 Å². The van der Waals surface area contributed by atoms with E-state index in [1.54, 1.807) is 19.2 Å². The summed E-state index contributed by atoms with van der Waals surface area (Å²) in [5, 5.41) is 2.94. The third-order valence-corrected chi connectivity index (χ3v) is 4.25. The van der Waals surface area contributed by atoms with Crippen molar-refractivity contribution in [3.8, 4) is 11.5 Å². The van der Waals surface area contributed by atoms with E-state index in [0.29, 0.717) is 24.5 Å². The number of ether oxygens (including phenoxy) is 2. The SMILES string of the molecule is COc1ccc(C(=O)NCc2ccccc2)cc1COc1ccc(C)cc1. The predicted molar refractivity (Wildman–Crippen MR) is 106 cm³/mol. The Bertz CT molecular complexity index is 889. The van der Waals surface area contributed by atoms with E-state index >= 15 is 0 Å². The van der Waals surface area contributed by atoms with Gasteiger partial charge in [-0.25, -0.2) is 0 Å². The average molecular weight is 361 g/mol. The molecule has 0 radical (unpaired) electrons. The molecule has 27 heavy (non-hydrogen) atoms. The van der Waals surface area contributed by atoms with Crippen molar-refractivity contribution in [1.29, 1.82) is 0 Å². The van der Waals surface area contributed by atoms with Crippen LogP contribution in [0.2, 0.25) is 0 Å². The molecule has 0 spiro atoms. The highest BCUT2D eigenvalue weighted by molar-refractivity contribution is 5.94. The van der Waals surface area contributed by atoms with Crippen molar-refractivity contribution < 1.29 is 14.3 Å². The van der Waals surface area contributed by atoms with Gasteiger partial charge in [0.1, 0.15) is 18.1 Å². The lowest BCUT2D eigenvalue weighted by molar-refractivity contribution is 0.0950. The molecule has 0 fully saturated rings. The summed E-state index contributed by atoms with van der Waals surface area (Å²) in [7, 11) is 1.61. The minimum atomic E-state index is -0.127. The molecule has 3 aromatic carbocycles. The number of rotatable bonds is 7. The van der Waals surface area contributed by atoms with Gasteiger partial charge in [0.05, 0.1) is 7.11 Å². The highest BCUT2D eigenvalue weighted by atomic mass is 16.5. The smallest absolute Gasteiger partial charge is 0.251 e. The fourth-order valence-corrected chi connectivity index (χ4v) is 2.71. The minimum absolute atomic E-state index is 0.127. The number of methoxy groups -OCH3 is 1. The molecule has 0 aliphatic heterocycles. The largest absolute Gasteiger partial charge is 0.496 e. The Balaban J connectivity index is 1.68. The third kappa shape index (κ3) is 5.11. The molecular formula is C23H23NO3. The Morgan fingerprint density at radius 3 is 2.41 bits per heavy atom. The number of nitrogens with one attached hydrogen (secondary N) is 1. The molecule has 138 valence electrons. The molecule has 3 rings (SSSR count). The van der Waals surface area contributed by atoms with Gasteiger partial charge >= 0.3 is 0 Å². The Hall–Kier alpha value is -3.27. The zero-order valence-electron chi connectivity index (χ0n) is 15.6. The quantitative estimate of drug-likeness (QED) is 0.673. The van der Waals surface area contributed by atoms with Gasteiger partial charge in [0.15, 0.2) is 0 Å².